The number of carboxylic acids is 1. The highest BCUT2D eigenvalue weighted by molar-refractivity contribution is 7.89. The van der Waals surface area contributed by atoms with Gasteiger partial charge in [0.25, 0.3) is 0 Å². The van der Waals surface area contributed by atoms with Gasteiger partial charge in [-0.25, -0.2) is 17.9 Å². The molecule has 3 N–H and O–H groups in total. The third kappa shape index (κ3) is 3.52. The second kappa shape index (κ2) is 5.94. The van der Waals surface area contributed by atoms with E-state index in [0.717, 1.165) is 6.07 Å². The topological polar surface area (TPSA) is 104 Å². The maximum absolute atomic E-state index is 11.9. The van der Waals surface area contributed by atoms with E-state index in [9.17, 15) is 13.2 Å². The van der Waals surface area contributed by atoms with Crippen LogP contribution in [-0.4, -0.2) is 37.2 Å². The minimum absolute atomic E-state index is 0.102. The first-order valence-electron chi connectivity index (χ1n) is 5.37. The number of hydrogen-bond acceptors (Lipinski definition) is 4. The van der Waals surface area contributed by atoms with Crippen LogP contribution in [0.15, 0.2) is 29.2 Å². The fourth-order valence-electron chi connectivity index (χ4n) is 1.33. The first-order chi connectivity index (χ1) is 8.40. The lowest BCUT2D eigenvalue weighted by Gasteiger charge is -2.14. The summed E-state index contributed by atoms with van der Waals surface area (Å²) < 4.78 is 26.1. The molecule has 7 heteroatoms. The van der Waals surface area contributed by atoms with Crippen LogP contribution in [0.2, 0.25) is 0 Å². The standard InChI is InChI=1S/C11H15NO5S/c1-2-9(7-13)12-18(16,17)10-5-3-4-8(6-10)11(14)15/h3-6,9,12-13H,2,7H2,1H3,(H,14,15)/t9-/m1/s1. The Labute approximate surface area is 105 Å². The Morgan fingerprint density at radius 3 is 2.61 bits per heavy atom. The van der Waals surface area contributed by atoms with Crippen LogP contribution in [0.4, 0.5) is 0 Å². The van der Waals surface area contributed by atoms with Gasteiger partial charge in [0.1, 0.15) is 0 Å². The smallest absolute Gasteiger partial charge is 0.335 e. The van der Waals surface area contributed by atoms with Crippen LogP contribution >= 0.6 is 0 Å². The molecule has 1 rings (SSSR count). The van der Waals surface area contributed by atoms with Crippen molar-refractivity contribution in [3.05, 3.63) is 29.8 Å². The number of benzene rings is 1. The molecule has 1 atom stereocenters. The fourth-order valence-corrected chi connectivity index (χ4v) is 2.69. The lowest BCUT2D eigenvalue weighted by molar-refractivity contribution is 0.0696. The molecule has 100 valence electrons. The van der Waals surface area contributed by atoms with Gasteiger partial charge in [-0.2, -0.15) is 0 Å². The molecule has 0 aliphatic rings. The Kier molecular flexibility index (Phi) is 4.83. The van der Waals surface area contributed by atoms with Crippen molar-refractivity contribution in [3.8, 4) is 0 Å². The number of carbonyl (C=O) groups is 1. The van der Waals surface area contributed by atoms with Gasteiger partial charge < -0.3 is 10.2 Å². The van der Waals surface area contributed by atoms with Crippen LogP contribution in [0.3, 0.4) is 0 Å². The Hall–Kier alpha value is -1.44. The van der Waals surface area contributed by atoms with Crippen molar-refractivity contribution < 1.29 is 23.4 Å². The molecule has 0 unspecified atom stereocenters. The zero-order valence-corrected chi connectivity index (χ0v) is 10.6. The first-order valence-corrected chi connectivity index (χ1v) is 6.85. The van der Waals surface area contributed by atoms with Crippen LogP contribution in [0.1, 0.15) is 23.7 Å². The summed E-state index contributed by atoms with van der Waals surface area (Å²) in [6.07, 6.45) is 0.439. The van der Waals surface area contributed by atoms with Crippen molar-refractivity contribution in [3.63, 3.8) is 0 Å². The average molecular weight is 273 g/mol. The summed E-state index contributed by atoms with van der Waals surface area (Å²) in [7, 11) is -3.81. The maximum atomic E-state index is 11.9. The summed E-state index contributed by atoms with van der Waals surface area (Å²) in [6, 6.07) is 4.47. The average Bonchev–Trinajstić information content (AvgIpc) is 2.36. The van der Waals surface area contributed by atoms with Gasteiger partial charge in [0.2, 0.25) is 10.0 Å². The summed E-state index contributed by atoms with van der Waals surface area (Å²) in [5.41, 5.74) is -0.102. The van der Waals surface area contributed by atoms with E-state index in [0.29, 0.717) is 6.42 Å². The van der Waals surface area contributed by atoms with E-state index in [-0.39, 0.29) is 17.1 Å². The maximum Gasteiger partial charge on any atom is 0.335 e. The third-order valence-electron chi connectivity index (χ3n) is 2.43. The molecule has 1 aromatic rings. The summed E-state index contributed by atoms with van der Waals surface area (Å²) in [6.45, 7) is 1.42. The quantitative estimate of drug-likeness (QED) is 0.697. The second-order valence-electron chi connectivity index (χ2n) is 3.74. The molecule has 6 nitrogen and oxygen atoms in total. The van der Waals surface area contributed by atoms with E-state index >= 15 is 0 Å². The zero-order valence-electron chi connectivity index (χ0n) is 9.83. The van der Waals surface area contributed by atoms with Gasteiger partial charge in [0, 0.05) is 6.04 Å². The summed E-state index contributed by atoms with van der Waals surface area (Å²) in [5, 5.41) is 17.8. The van der Waals surface area contributed by atoms with Gasteiger partial charge in [0.15, 0.2) is 0 Å². The lowest BCUT2D eigenvalue weighted by Crippen LogP contribution is -2.36. The van der Waals surface area contributed by atoms with E-state index in [2.05, 4.69) is 4.72 Å². The van der Waals surface area contributed by atoms with Crippen molar-refractivity contribution >= 4 is 16.0 Å². The monoisotopic (exact) mass is 273 g/mol. The summed E-state index contributed by atoms with van der Waals surface area (Å²) in [4.78, 5) is 10.6. The number of aromatic carboxylic acids is 1. The number of rotatable bonds is 6. The SMILES string of the molecule is CC[C@H](CO)NS(=O)(=O)c1cccc(C(=O)O)c1. The van der Waals surface area contributed by atoms with Gasteiger partial charge in [-0.05, 0) is 24.6 Å². The minimum Gasteiger partial charge on any atom is -0.478 e. The molecule has 0 amide bonds. The molecule has 0 saturated heterocycles. The number of aliphatic hydroxyl groups is 1. The first kappa shape index (κ1) is 14.6. The van der Waals surface area contributed by atoms with Crippen LogP contribution in [-0.2, 0) is 10.0 Å². The third-order valence-corrected chi connectivity index (χ3v) is 3.94. The molecule has 0 saturated carbocycles. The van der Waals surface area contributed by atoms with Gasteiger partial charge in [-0.3, -0.25) is 0 Å². The van der Waals surface area contributed by atoms with Crippen LogP contribution in [0.5, 0.6) is 0 Å². The van der Waals surface area contributed by atoms with Crippen LogP contribution in [0, 0.1) is 0 Å². The Bertz CT molecular complexity index is 522. The van der Waals surface area contributed by atoms with E-state index in [1.165, 1.54) is 18.2 Å². The van der Waals surface area contributed by atoms with E-state index < -0.39 is 22.0 Å². The highest BCUT2D eigenvalue weighted by atomic mass is 32.2. The Morgan fingerprint density at radius 2 is 2.11 bits per heavy atom. The molecule has 0 aliphatic heterocycles. The van der Waals surface area contributed by atoms with E-state index in [1.54, 1.807) is 6.92 Å². The van der Waals surface area contributed by atoms with Gasteiger partial charge in [-0.15, -0.1) is 0 Å². The molecule has 0 aromatic heterocycles. The molecule has 18 heavy (non-hydrogen) atoms. The fraction of sp³-hybridized carbons (Fsp3) is 0.364. The number of aliphatic hydroxyl groups excluding tert-OH is 1. The minimum atomic E-state index is -3.81. The number of nitrogens with one attached hydrogen (secondary N) is 1. The predicted molar refractivity (Wildman–Crippen MR) is 64.9 cm³/mol. The second-order valence-corrected chi connectivity index (χ2v) is 5.46. The van der Waals surface area contributed by atoms with Crippen LogP contribution in [0.25, 0.3) is 0 Å². The van der Waals surface area contributed by atoms with Crippen molar-refractivity contribution in [2.45, 2.75) is 24.3 Å². The number of sulfonamides is 1. The predicted octanol–water partition coefficient (Wildman–Crippen LogP) is 0.434. The molecule has 0 radical (unpaired) electrons. The van der Waals surface area contributed by atoms with Crippen molar-refractivity contribution in [1.29, 1.82) is 0 Å². The highest BCUT2D eigenvalue weighted by Gasteiger charge is 2.19. The summed E-state index contributed by atoms with van der Waals surface area (Å²) >= 11 is 0. The van der Waals surface area contributed by atoms with E-state index in [1.807, 2.05) is 0 Å². The molecule has 0 aliphatic carbocycles. The van der Waals surface area contributed by atoms with Gasteiger partial charge >= 0.3 is 5.97 Å². The molecule has 0 fully saturated rings. The van der Waals surface area contributed by atoms with Gasteiger partial charge in [0.05, 0.1) is 17.1 Å². The molecule has 0 heterocycles. The number of hydrogen-bond donors (Lipinski definition) is 3. The Morgan fingerprint density at radius 1 is 1.44 bits per heavy atom. The summed E-state index contributed by atoms with van der Waals surface area (Å²) in [5.74, 6) is -1.19. The molecular formula is C11H15NO5S. The normalized spacial score (nSPS) is 13.2. The zero-order chi connectivity index (χ0) is 13.8. The molecule has 0 spiro atoms. The Balaban J connectivity index is 3.05. The lowest BCUT2D eigenvalue weighted by atomic mass is 10.2. The van der Waals surface area contributed by atoms with Gasteiger partial charge in [-0.1, -0.05) is 13.0 Å². The molecule has 1 aromatic carbocycles. The van der Waals surface area contributed by atoms with Crippen LogP contribution < -0.4 is 4.72 Å². The van der Waals surface area contributed by atoms with Crippen molar-refractivity contribution in [1.82, 2.24) is 4.72 Å². The van der Waals surface area contributed by atoms with Crippen molar-refractivity contribution in [2.75, 3.05) is 6.61 Å². The van der Waals surface area contributed by atoms with E-state index in [4.69, 9.17) is 10.2 Å². The largest absolute Gasteiger partial charge is 0.478 e. The molecule has 0 bridgehead atoms. The molecular weight excluding hydrogens is 258 g/mol. The highest BCUT2D eigenvalue weighted by Crippen LogP contribution is 2.12. The number of carboxylic acid groups (broad SMARTS) is 1. The van der Waals surface area contributed by atoms with Crippen molar-refractivity contribution in [2.24, 2.45) is 0 Å².